The molecule has 5 aliphatic rings. The van der Waals surface area contributed by atoms with Crippen molar-refractivity contribution < 1.29 is 46.6 Å². The number of hydrogen-bond acceptors (Lipinski definition) is 10. The highest BCUT2D eigenvalue weighted by atomic mass is 32.2. The second kappa shape index (κ2) is 17.2. The number of nitrogens with zero attached hydrogens (tertiary/aromatic N) is 2. The van der Waals surface area contributed by atoms with Crippen LogP contribution in [0.3, 0.4) is 0 Å². The Labute approximate surface area is 332 Å². The van der Waals surface area contributed by atoms with Crippen molar-refractivity contribution >= 4 is 39.9 Å². The monoisotopic (exact) mass is 805 g/mol. The number of amides is 5. The van der Waals surface area contributed by atoms with Gasteiger partial charge in [0.05, 0.1) is 18.6 Å². The third kappa shape index (κ3) is 9.21. The molecule has 7 rings (SSSR count). The fourth-order valence-electron chi connectivity index (χ4n) is 8.39. The standard InChI is InChI=1S/C41H51N5O10S/c1-54-30-17-19-33(20-18-30)57(52,53)44-38(49)41-24-29(41)13-5-3-2-4-6-16-34(42-39(50)55-31-14-9-10-15-31)37(48)46-26-32(23-35(46)36(47)43-41)56-40(51)45-22-21-27-11-7-8-12-28(27)25-45/h5,7-8,11-13,17-20,29,31-32,34-35H,2-4,6,9-10,14-16,21-26H2,1H3,(H,42,50)(H,43,47)(H,44,49)/b13-5-/t29-,32-,34+,35+,41-/m1/s1. The van der Waals surface area contributed by atoms with E-state index in [1.54, 1.807) is 4.90 Å². The zero-order valence-corrected chi connectivity index (χ0v) is 33.0. The van der Waals surface area contributed by atoms with Crippen LogP contribution in [0.4, 0.5) is 9.59 Å². The molecule has 5 atom stereocenters. The van der Waals surface area contributed by atoms with Crippen molar-refractivity contribution in [2.75, 3.05) is 20.2 Å². The van der Waals surface area contributed by atoms with Crippen molar-refractivity contribution in [2.24, 2.45) is 5.92 Å². The van der Waals surface area contributed by atoms with Crippen molar-refractivity contribution in [3.05, 3.63) is 71.8 Å². The van der Waals surface area contributed by atoms with Gasteiger partial charge in [0.15, 0.2) is 0 Å². The molecule has 2 aromatic rings. The SMILES string of the molecule is COc1ccc(S(=O)(=O)NC(=O)[C@@]23C[C@H]2/C=C\CCCCC[C@H](NC(=O)OC2CCCC2)C(=O)N2C[C@H](OC(=O)N4CCc5ccccc5C4)C[C@H]2C(=O)N3)cc1. The summed E-state index contributed by atoms with van der Waals surface area (Å²) in [6, 6.07) is 11.2. The third-order valence-electron chi connectivity index (χ3n) is 11.8. The quantitative estimate of drug-likeness (QED) is 0.344. The minimum Gasteiger partial charge on any atom is -0.497 e. The second-order valence-corrected chi connectivity index (χ2v) is 17.3. The molecule has 2 aromatic carbocycles. The van der Waals surface area contributed by atoms with Gasteiger partial charge in [-0.15, -0.1) is 0 Å². The van der Waals surface area contributed by atoms with Gasteiger partial charge in [0.25, 0.3) is 15.9 Å². The number of ether oxygens (including phenoxy) is 3. The fourth-order valence-corrected chi connectivity index (χ4v) is 9.43. The average molecular weight is 806 g/mol. The minimum absolute atomic E-state index is 0.0741. The predicted octanol–water partition coefficient (Wildman–Crippen LogP) is 4.10. The van der Waals surface area contributed by atoms with E-state index in [0.717, 1.165) is 49.7 Å². The maximum atomic E-state index is 14.5. The molecule has 2 saturated carbocycles. The number of carbonyl (C=O) groups excluding carboxylic acids is 5. The Morgan fingerprint density at radius 1 is 0.895 bits per heavy atom. The van der Waals surface area contributed by atoms with Gasteiger partial charge in [0.2, 0.25) is 11.8 Å². The van der Waals surface area contributed by atoms with Gasteiger partial charge in [-0.25, -0.2) is 22.7 Å². The third-order valence-corrected chi connectivity index (χ3v) is 13.1. The number of allylic oxidation sites excluding steroid dienone is 1. The van der Waals surface area contributed by atoms with Crippen molar-refractivity contribution in [3.63, 3.8) is 0 Å². The molecule has 57 heavy (non-hydrogen) atoms. The zero-order valence-electron chi connectivity index (χ0n) is 32.2. The highest BCUT2D eigenvalue weighted by Gasteiger charge is 2.61. The van der Waals surface area contributed by atoms with Crippen LogP contribution in [0.1, 0.15) is 81.8 Å². The molecule has 306 valence electrons. The van der Waals surface area contributed by atoms with Gasteiger partial charge in [0.1, 0.15) is 35.6 Å². The van der Waals surface area contributed by atoms with Crippen LogP contribution >= 0.6 is 0 Å². The van der Waals surface area contributed by atoms with Crippen LogP contribution in [0, 0.1) is 5.92 Å². The van der Waals surface area contributed by atoms with Gasteiger partial charge in [0, 0.05) is 25.4 Å². The maximum absolute atomic E-state index is 14.5. The van der Waals surface area contributed by atoms with Crippen molar-refractivity contribution in [2.45, 2.75) is 118 Å². The molecular weight excluding hydrogens is 755 g/mol. The summed E-state index contributed by atoms with van der Waals surface area (Å²) in [6.45, 7) is 0.670. The van der Waals surface area contributed by atoms with E-state index >= 15 is 0 Å². The molecule has 0 radical (unpaired) electrons. The molecule has 3 heterocycles. The summed E-state index contributed by atoms with van der Waals surface area (Å²) in [6.07, 6.45) is 8.53. The zero-order chi connectivity index (χ0) is 40.2. The van der Waals surface area contributed by atoms with Gasteiger partial charge in [-0.3, -0.25) is 14.4 Å². The Hall–Kier alpha value is -5.12. The molecule has 0 aromatic heterocycles. The minimum atomic E-state index is -4.34. The van der Waals surface area contributed by atoms with Gasteiger partial charge < -0.3 is 34.6 Å². The van der Waals surface area contributed by atoms with Crippen molar-refractivity contribution in [3.8, 4) is 5.75 Å². The summed E-state index contributed by atoms with van der Waals surface area (Å²) in [7, 11) is -2.90. The molecule has 16 heteroatoms. The molecule has 5 amide bonds. The Balaban J connectivity index is 1.13. The first-order valence-corrected chi connectivity index (χ1v) is 21.4. The largest absolute Gasteiger partial charge is 0.497 e. The summed E-state index contributed by atoms with van der Waals surface area (Å²) >= 11 is 0. The fraction of sp³-hybridized carbons (Fsp3) is 0.537. The Morgan fingerprint density at radius 2 is 1.63 bits per heavy atom. The summed E-state index contributed by atoms with van der Waals surface area (Å²) in [4.78, 5) is 72.3. The topological polar surface area (TPSA) is 190 Å². The van der Waals surface area contributed by atoms with Gasteiger partial charge in [-0.1, -0.05) is 49.3 Å². The normalized spacial score (nSPS) is 27.3. The summed E-state index contributed by atoms with van der Waals surface area (Å²) in [5.41, 5.74) is 0.544. The van der Waals surface area contributed by atoms with E-state index in [-0.39, 0.29) is 30.4 Å². The second-order valence-electron chi connectivity index (χ2n) is 15.6. The van der Waals surface area contributed by atoms with E-state index in [1.165, 1.54) is 36.3 Å². The lowest BCUT2D eigenvalue weighted by Crippen LogP contribution is -2.58. The molecule has 3 aliphatic heterocycles. The van der Waals surface area contributed by atoms with Crippen LogP contribution in [0.5, 0.6) is 5.75 Å². The van der Waals surface area contributed by atoms with Gasteiger partial charge >= 0.3 is 12.2 Å². The van der Waals surface area contributed by atoms with E-state index in [0.29, 0.717) is 44.5 Å². The number of carbonyl (C=O) groups is 5. The Bertz CT molecular complexity index is 1980. The molecule has 15 nitrogen and oxygen atoms in total. The molecule has 2 aliphatic carbocycles. The molecule has 1 saturated heterocycles. The van der Waals surface area contributed by atoms with Crippen LogP contribution in [-0.2, 0) is 46.8 Å². The highest BCUT2D eigenvalue weighted by molar-refractivity contribution is 7.90. The van der Waals surface area contributed by atoms with E-state index in [4.69, 9.17) is 14.2 Å². The number of nitrogens with one attached hydrogen (secondary N) is 3. The number of hydrogen-bond donors (Lipinski definition) is 3. The van der Waals surface area contributed by atoms with Crippen LogP contribution in [0.15, 0.2) is 65.6 Å². The Morgan fingerprint density at radius 3 is 2.39 bits per heavy atom. The van der Waals surface area contributed by atoms with E-state index in [9.17, 15) is 32.4 Å². The number of sulfonamides is 1. The molecule has 3 N–H and O–H groups in total. The lowest BCUT2D eigenvalue weighted by Gasteiger charge is -2.30. The van der Waals surface area contributed by atoms with Gasteiger partial charge in [-0.05, 0) is 93.2 Å². The van der Waals surface area contributed by atoms with E-state index in [2.05, 4.69) is 15.4 Å². The van der Waals surface area contributed by atoms with Crippen LogP contribution in [0.25, 0.3) is 0 Å². The lowest BCUT2D eigenvalue weighted by atomic mass is 10.0. The van der Waals surface area contributed by atoms with Gasteiger partial charge in [-0.2, -0.15) is 0 Å². The first-order valence-electron chi connectivity index (χ1n) is 20.0. The molecular formula is C41H51N5O10S. The summed E-state index contributed by atoms with van der Waals surface area (Å²) in [5, 5.41) is 5.60. The first-order chi connectivity index (χ1) is 27.5. The molecule has 0 bridgehead atoms. The molecule has 3 fully saturated rings. The van der Waals surface area contributed by atoms with E-state index in [1.807, 2.05) is 36.4 Å². The Kier molecular flexibility index (Phi) is 12.1. The van der Waals surface area contributed by atoms with E-state index < -0.39 is 69.6 Å². The molecule has 0 spiro atoms. The lowest BCUT2D eigenvalue weighted by molar-refractivity contribution is -0.141. The van der Waals surface area contributed by atoms with Crippen LogP contribution in [0.2, 0.25) is 0 Å². The number of benzene rings is 2. The van der Waals surface area contributed by atoms with Crippen LogP contribution < -0.4 is 20.1 Å². The van der Waals surface area contributed by atoms with Crippen molar-refractivity contribution in [1.29, 1.82) is 0 Å². The summed E-state index contributed by atoms with van der Waals surface area (Å²) < 4.78 is 45.7. The maximum Gasteiger partial charge on any atom is 0.410 e. The van der Waals surface area contributed by atoms with Crippen molar-refractivity contribution in [1.82, 2.24) is 25.2 Å². The molecule has 0 unspecified atom stereocenters. The number of fused-ring (bicyclic) bond motifs is 3. The number of rotatable bonds is 7. The first kappa shape index (κ1) is 40.1. The predicted molar refractivity (Wildman–Crippen MR) is 206 cm³/mol. The number of methoxy groups -OCH3 is 1. The van der Waals surface area contributed by atoms with Crippen LogP contribution in [-0.4, -0.2) is 98.2 Å². The number of alkyl carbamates (subject to hydrolysis) is 1. The smallest absolute Gasteiger partial charge is 0.410 e. The summed E-state index contributed by atoms with van der Waals surface area (Å²) in [5.74, 6) is -2.24. The highest BCUT2D eigenvalue weighted by Crippen LogP contribution is 2.46. The average Bonchev–Trinajstić information content (AvgIpc) is 3.46.